The van der Waals surface area contributed by atoms with Gasteiger partial charge in [-0.25, -0.2) is 8.42 Å². The molecule has 1 fully saturated rings. The van der Waals surface area contributed by atoms with Crippen LogP contribution in [0, 0.1) is 5.92 Å². The summed E-state index contributed by atoms with van der Waals surface area (Å²) >= 11 is 1.43. The van der Waals surface area contributed by atoms with Crippen LogP contribution in [0.5, 0.6) is 5.75 Å². The van der Waals surface area contributed by atoms with Crippen LogP contribution in [0.3, 0.4) is 0 Å². The summed E-state index contributed by atoms with van der Waals surface area (Å²) in [6.45, 7) is 1.99. The van der Waals surface area contributed by atoms with Crippen LogP contribution in [0.4, 0.5) is 5.69 Å². The molecule has 4 atom stereocenters. The number of benzene rings is 4. The highest BCUT2D eigenvalue weighted by Gasteiger charge is 2.38. The molecular weight excluding hydrogens is 615 g/mol. The molecule has 4 aromatic carbocycles. The first-order valence-corrected chi connectivity index (χ1v) is 16.7. The maximum Gasteiger partial charge on any atom is 0.261 e. The Hall–Kier alpha value is -4.27. The van der Waals surface area contributed by atoms with E-state index in [4.69, 9.17) is 9.47 Å². The molecule has 3 N–H and O–H groups in total. The number of aliphatic hydroxyl groups excluding tert-OH is 1. The van der Waals surface area contributed by atoms with Crippen molar-refractivity contribution in [3.63, 3.8) is 0 Å². The van der Waals surface area contributed by atoms with Gasteiger partial charge in [0.05, 0.1) is 29.4 Å². The summed E-state index contributed by atoms with van der Waals surface area (Å²) in [4.78, 5) is 0.160. The van der Waals surface area contributed by atoms with Gasteiger partial charge in [0.2, 0.25) is 5.16 Å². The van der Waals surface area contributed by atoms with Crippen molar-refractivity contribution in [3.05, 3.63) is 120 Å². The van der Waals surface area contributed by atoms with Crippen LogP contribution in [-0.4, -0.2) is 50.7 Å². The summed E-state index contributed by atoms with van der Waals surface area (Å²) in [5.41, 5.74) is 3.45. The molecule has 0 saturated carbocycles. The molecule has 4 unspecified atom stereocenters. The molecular formula is C32H31N5O6S2. The quantitative estimate of drug-likeness (QED) is 0.172. The van der Waals surface area contributed by atoms with Crippen molar-refractivity contribution in [2.75, 3.05) is 10.5 Å². The molecule has 0 radical (unpaired) electrons. The fraction of sp³-hybridized carbons (Fsp3) is 0.219. The Labute approximate surface area is 264 Å². The van der Waals surface area contributed by atoms with Gasteiger partial charge >= 0.3 is 0 Å². The number of anilines is 1. The molecule has 1 saturated heterocycles. The summed E-state index contributed by atoms with van der Waals surface area (Å²) in [7, 11) is -3.79. The first kappa shape index (κ1) is 30.7. The molecule has 13 heteroatoms. The second kappa shape index (κ2) is 13.4. The lowest BCUT2D eigenvalue weighted by atomic mass is 9.91. The van der Waals surface area contributed by atoms with Gasteiger partial charge < -0.3 is 19.7 Å². The molecule has 1 aromatic heterocycles. The summed E-state index contributed by atoms with van der Waals surface area (Å²) < 4.78 is 43.3. The van der Waals surface area contributed by atoms with E-state index >= 15 is 0 Å². The number of thioether (sulfide) groups is 1. The number of tetrazole rings is 1. The maximum atomic E-state index is 13.0. The van der Waals surface area contributed by atoms with Crippen LogP contribution >= 0.6 is 11.8 Å². The molecule has 45 heavy (non-hydrogen) atoms. The van der Waals surface area contributed by atoms with Gasteiger partial charge in [0, 0.05) is 22.9 Å². The Balaban J connectivity index is 1.26. The fourth-order valence-electron chi connectivity index (χ4n) is 5.05. The molecule has 11 nitrogen and oxygen atoms in total. The molecule has 0 spiro atoms. The number of nitrogens with zero attached hydrogens (tertiary/aromatic N) is 4. The molecule has 0 amide bonds. The largest absolute Gasteiger partial charge is 0.508 e. The number of phenolic OH excluding ortho intramolecular Hbond substituents is 1. The summed E-state index contributed by atoms with van der Waals surface area (Å²) in [6.07, 6.45) is -1.48. The van der Waals surface area contributed by atoms with Gasteiger partial charge in [-0.2, -0.15) is 4.68 Å². The van der Waals surface area contributed by atoms with E-state index in [2.05, 4.69) is 27.2 Å². The zero-order chi connectivity index (χ0) is 31.4. The summed E-state index contributed by atoms with van der Waals surface area (Å²) in [5.74, 6) is 0.545. The van der Waals surface area contributed by atoms with Crippen LogP contribution in [0.15, 0.2) is 113 Å². The zero-order valence-corrected chi connectivity index (χ0v) is 25.8. The third kappa shape index (κ3) is 7.02. The lowest BCUT2D eigenvalue weighted by molar-refractivity contribution is -0.268. The average Bonchev–Trinajstić information content (AvgIpc) is 3.54. The molecule has 6 rings (SSSR count). The number of aliphatic hydroxyl groups is 1. The Morgan fingerprint density at radius 1 is 0.911 bits per heavy atom. The minimum absolute atomic E-state index is 0.0617. The molecule has 232 valence electrons. The Morgan fingerprint density at radius 2 is 1.67 bits per heavy atom. The Morgan fingerprint density at radius 3 is 2.40 bits per heavy atom. The van der Waals surface area contributed by atoms with Crippen LogP contribution in [-0.2, 0) is 26.1 Å². The normalized spacial score (nSPS) is 20.1. The van der Waals surface area contributed by atoms with Crippen LogP contribution in [0.2, 0.25) is 0 Å². The van der Waals surface area contributed by atoms with E-state index in [9.17, 15) is 18.6 Å². The summed E-state index contributed by atoms with van der Waals surface area (Å²) in [6, 6.07) is 29.4. The van der Waals surface area contributed by atoms with Crippen molar-refractivity contribution >= 4 is 27.5 Å². The first-order chi connectivity index (χ1) is 21.8. The van der Waals surface area contributed by atoms with E-state index in [1.165, 1.54) is 23.9 Å². The van der Waals surface area contributed by atoms with Gasteiger partial charge in [0.15, 0.2) is 6.29 Å². The van der Waals surface area contributed by atoms with Gasteiger partial charge in [-0.15, -0.1) is 5.10 Å². The molecule has 2 heterocycles. The highest BCUT2D eigenvalue weighted by molar-refractivity contribution is 7.99. The minimum atomic E-state index is -3.79. The molecule has 0 aliphatic carbocycles. The zero-order valence-electron chi connectivity index (χ0n) is 24.2. The fourth-order valence-corrected chi connectivity index (χ4v) is 7.18. The number of rotatable bonds is 10. The molecule has 0 bridgehead atoms. The molecule has 5 aromatic rings. The summed E-state index contributed by atoms with van der Waals surface area (Å²) in [5, 5.41) is 31.9. The second-order valence-electron chi connectivity index (χ2n) is 10.6. The number of hydrogen-bond donors (Lipinski definition) is 3. The lowest BCUT2D eigenvalue weighted by Gasteiger charge is -2.41. The highest BCUT2D eigenvalue weighted by Crippen LogP contribution is 2.43. The average molecular weight is 646 g/mol. The van der Waals surface area contributed by atoms with Gasteiger partial charge in [-0.1, -0.05) is 73.3 Å². The van der Waals surface area contributed by atoms with Gasteiger partial charge in [0.1, 0.15) is 5.75 Å². The van der Waals surface area contributed by atoms with E-state index in [0.717, 1.165) is 11.1 Å². The monoisotopic (exact) mass is 645 g/mol. The third-order valence-corrected chi connectivity index (χ3v) is 9.90. The van der Waals surface area contributed by atoms with Crippen LogP contribution in [0.1, 0.15) is 36.0 Å². The van der Waals surface area contributed by atoms with Crippen LogP contribution < -0.4 is 4.72 Å². The van der Waals surface area contributed by atoms with E-state index in [-0.39, 0.29) is 35.4 Å². The minimum Gasteiger partial charge on any atom is -0.508 e. The van der Waals surface area contributed by atoms with Crippen molar-refractivity contribution in [1.29, 1.82) is 0 Å². The van der Waals surface area contributed by atoms with Crippen molar-refractivity contribution in [3.8, 4) is 11.4 Å². The number of sulfonamides is 1. The number of hydrogen-bond acceptors (Lipinski definition) is 10. The Kier molecular flexibility index (Phi) is 9.14. The Bertz CT molecular complexity index is 1840. The van der Waals surface area contributed by atoms with E-state index in [0.29, 0.717) is 27.8 Å². The van der Waals surface area contributed by atoms with Crippen molar-refractivity contribution in [2.24, 2.45) is 5.92 Å². The van der Waals surface area contributed by atoms with E-state index < -0.39 is 16.3 Å². The van der Waals surface area contributed by atoms with E-state index in [1.54, 1.807) is 65.3 Å². The number of aromatic nitrogens is 4. The third-order valence-electron chi connectivity index (χ3n) is 7.50. The smallest absolute Gasteiger partial charge is 0.261 e. The number of phenols is 1. The first-order valence-electron chi connectivity index (χ1n) is 14.2. The predicted molar refractivity (Wildman–Crippen MR) is 168 cm³/mol. The topological polar surface area (TPSA) is 149 Å². The van der Waals surface area contributed by atoms with E-state index in [1.807, 2.05) is 30.3 Å². The highest BCUT2D eigenvalue weighted by atomic mass is 32.2. The SMILES string of the molecule is CC1C(CSc2nnnn2-c2ccc(O)cc2)OC(c2cccc(NS(=O)(=O)c3ccccc3)c2)OC1c1ccc(CO)cc1. The second-order valence-corrected chi connectivity index (χ2v) is 13.2. The predicted octanol–water partition coefficient (Wildman–Crippen LogP) is 5.24. The number of aromatic hydroxyl groups is 1. The van der Waals surface area contributed by atoms with Gasteiger partial charge in [-0.05, 0) is 70.1 Å². The molecule has 1 aliphatic rings. The standard InChI is InChI=1S/C32H31N5O6S2/c1-21-29(20-44-32-33-35-36-37(32)26-14-16-27(39)17-15-26)42-31(43-30(21)23-12-10-22(19-38)11-13-23)24-6-5-7-25(18-24)34-45(40,41)28-8-3-2-4-9-28/h2-18,21,29-31,34,38-39H,19-20H2,1H3. The lowest BCUT2D eigenvalue weighted by Crippen LogP contribution is -2.38. The van der Waals surface area contributed by atoms with Gasteiger partial charge in [-0.3, -0.25) is 4.72 Å². The van der Waals surface area contributed by atoms with Crippen molar-refractivity contribution in [2.45, 2.75) is 42.1 Å². The molecule has 1 aliphatic heterocycles. The number of ether oxygens (including phenoxy) is 2. The van der Waals surface area contributed by atoms with Crippen molar-refractivity contribution < 1.29 is 28.1 Å². The van der Waals surface area contributed by atoms with Gasteiger partial charge in [0.25, 0.3) is 10.0 Å². The maximum absolute atomic E-state index is 13.0. The van der Waals surface area contributed by atoms with Crippen LogP contribution in [0.25, 0.3) is 5.69 Å². The number of nitrogens with one attached hydrogen (secondary N) is 1. The van der Waals surface area contributed by atoms with Crippen molar-refractivity contribution in [1.82, 2.24) is 20.2 Å².